The van der Waals surface area contributed by atoms with Gasteiger partial charge in [0.25, 0.3) is 10.1 Å². The summed E-state index contributed by atoms with van der Waals surface area (Å²) in [4.78, 5) is 11.8. The highest BCUT2D eigenvalue weighted by atomic mass is 35.5. The number of rotatable bonds is 6. The van der Waals surface area contributed by atoms with E-state index in [1.807, 2.05) is 0 Å². The van der Waals surface area contributed by atoms with Crippen LogP contribution in [0.15, 0.2) is 58.3 Å². The molecular formula is C15H15ClN2O6S2. The number of nitrogen functional groups attached to an aromatic ring is 1. The Kier molecular flexibility index (Phi) is 5.91. The van der Waals surface area contributed by atoms with Crippen molar-refractivity contribution in [1.82, 2.24) is 0 Å². The normalized spacial score (nSPS) is 13.2. The average Bonchev–Trinajstić information content (AvgIpc) is 2.54. The number of carbonyl (C=O) groups is 1. The van der Waals surface area contributed by atoms with Crippen LogP contribution in [-0.2, 0) is 24.7 Å². The highest BCUT2D eigenvalue weighted by Gasteiger charge is 2.33. The number of halogens is 1. The quantitative estimate of drug-likeness (QED) is 0.366. The molecule has 26 heavy (non-hydrogen) atoms. The first-order valence-electron chi connectivity index (χ1n) is 7.10. The van der Waals surface area contributed by atoms with Gasteiger partial charge in [-0.05, 0) is 30.3 Å². The number of carbonyl (C=O) groups excluding carboxylic acids is 1. The number of hydrogen-bond donors (Lipinski definition) is 3. The van der Waals surface area contributed by atoms with Gasteiger partial charge < -0.3 is 11.1 Å². The van der Waals surface area contributed by atoms with Crippen LogP contribution in [0.2, 0.25) is 0 Å². The molecule has 0 saturated carbocycles. The minimum Gasteiger partial charge on any atom is -0.398 e. The Morgan fingerprint density at radius 1 is 1.12 bits per heavy atom. The van der Waals surface area contributed by atoms with E-state index in [1.165, 1.54) is 24.3 Å². The fourth-order valence-electron chi connectivity index (χ4n) is 2.15. The number of nitrogens with two attached hydrogens (primary N) is 1. The maximum Gasteiger partial charge on any atom is 0.296 e. The van der Waals surface area contributed by atoms with Crippen molar-refractivity contribution < 1.29 is 26.2 Å². The van der Waals surface area contributed by atoms with Crippen molar-refractivity contribution >= 4 is 48.8 Å². The van der Waals surface area contributed by atoms with Crippen LogP contribution in [0, 0.1) is 0 Å². The molecule has 0 radical (unpaired) electrons. The van der Waals surface area contributed by atoms with Crippen LogP contribution in [0.5, 0.6) is 0 Å². The average molecular weight is 419 g/mol. The Balaban J connectivity index is 2.29. The summed E-state index contributed by atoms with van der Waals surface area (Å²) < 4.78 is 56.4. The zero-order chi connectivity index (χ0) is 19.5. The maximum atomic E-state index is 12.6. The number of benzene rings is 2. The van der Waals surface area contributed by atoms with Crippen molar-refractivity contribution in [3.05, 3.63) is 48.5 Å². The maximum absolute atomic E-state index is 12.6. The molecule has 1 amide bonds. The van der Waals surface area contributed by atoms with Crippen LogP contribution in [0.1, 0.15) is 0 Å². The summed E-state index contributed by atoms with van der Waals surface area (Å²) in [7, 11) is -8.54. The molecule has 0 spiro atoms. The number of anilines is 2. The summed E-state index contributed by atoms with van der Waals surface area (Å²) >= 11 is 5.70. The van der Waals surface area contributed by atoms with Crippen LogP contribution >= 0.6 is 11.6 Å². The third kappa shape index (κ3) is 4.33. The van der Waals surface area contributed by atoms with Gasteiger partial charge in [0.05, 0.1) is 10.6 Å². The zero-order valence-corrected chi connectivity index (χ0v) is 15.6. The molecule has 0 aliphatic rings. The fourth-order valence-corrected chi connectivity index (χ4v) is 4.76. The van der Waals surface area contributed by atoms with Crippen molar-refractivity contribution in [2.24, 2.45) is 0 Å². The van der Waals surface area contributed by atoms with E-state index in [-0.39, 0.29) is 16.3 Å². The van der Waals surface area contributed by atoms with Gasteiger partial charge in [-0.3, -0.25) is 9.35 Å². The minimum absolute atomic E-state index is 0.0537. The predicted molar refractivity (Wildman–Crippen MR) is 97.4 cm³/mol. The van der Waals surface area contributed by atoms with Gasteiger partial charge in [0.2, 0.25) is 5.91 Å². The van der Waals surface area contributed by atoms with Gasteiger partial charge in [-0.2, -0.15) is 8.42 Å². The van der Waals surface area contributed by atoms with E-state index in [0.717, 1.165) is 18.2 Å². The molecule has 0 saturated heterocycles. The van der Waals surface area contributed by atoms with Gasteiger partial charge in [-0.1, -0.05) is 18.2 Å². The van der Waals surface area contributed by atoms with E-state index in [0.29, 0.717) is 0 Å². The van der Waals surface area contributed by atoms with E-state index in [1.54, 1.807) is 6.07 Å². The molecule has 0 aliphatic heterocycles. The topological polar surface area (TPSA) is 144 Å². The number of amides is 1. The first-order valence-corrected chi connectivity index (χ1v) is 10.6. The first kappa shape index (κ1) is 20.2. The van der Waals surface area contributed by atoms with Crippen molar-refractivity contribution in [1.29, 1.82) is 0 Å². The van der Waals surface area contributed by atoms with E-state index in [9.17, 15) is 21.6 Å². The number of hydrogen-bond acceptors (Lipinski definition) is 6. The molecule has 1 unspecified atom stereocenters. The summed E-state index contributed by atoms with van der Waals surface area (Å²) in [5.74, 6) is -1.38. The molecule has 0 aliphatic carbocycles. The van der Waals surface area contributed by atoms with Crippen LogP contribution in [0.25, 0.3) is 0 Å². The van der Waals surface area contributed by atoms with E-state index in [4.69, 9.17) is 21.9 Å². The first-order chi connectivity index (χ1) is 12.1. The monoisotopic (exact) mass is 418 g/mol. The Morgan fingerprint density at radius 2 is 1.73 bits per heavy atom. The summed E-state index contributed by atoms with van der Waals surface area (Å²) in [5, 5.41) is 0.768. The van der Waals surface area contributed by atoms with Crippen molar-refractivity contribution in [2.45, 2.75) is 15.0 Å². The lowest BCUT2D eigenvalue weighted by atomic mass is 10.2. The molecule has 8 nitrogen and oxygen atoms in total. The Morgan fingerprint density at radius 3 is 2.23 bits per heavy atom. The number of nitrogens with one attached hydrogen (secondary N) is 1. The summed E-state index contributed by atoms with van der Waals surface area (Å²) in [5.41, 5.74) is 5.28. The second kappa shape index (κ2) is 7.62. The molecule has 0 bridgehead atoms. The molecule has 0 fully saturated rings. The molecule has 2 rings (SSSR count). The molecular weight excluding hydrogens is 404 g/mol. The summed E-state index contributed by atoms with van der Waals surface area (Å²) in [6.45, 7) is 0. The largest absolute Gasteiger partial charge is 0.398 e. The van der Waals surface area contributed by atoms with E-state index in [2.05, 4.69) is 5.32 Å². The van der Waals surface area contributed by atoms with Crippen molar-refractivity contribution in [2.75, 3.05) is 16.9 Å². The Labute approximate surface area is 155 Å². The van der Waals surface area contributed by atoms with Gasteiger partial charge in [-0.15, -0.1) is 11.6 Å². The number of sulfone groups is 1. The molecule has 2 aromatic rings. The van der Waals surface area contributed by atoms with Crippen molar-refractivity contribution in [3.8, 4) is 0 Å². The van der Waals surface area contributed by atoms with Gasteiger partial charge in [0.15, 0.2) is 15.1 Å². The zero-order valence-electron chi connectivity index (χ0n) is 13.2. The highest BCUT2D eigenvalue weighted by Crippen LogP contribution is 2.24. The molecule has 0 aromatic heterocycles. The molecule has 4 N–H and O–H groups in total. The predicted octanol–water partition coefficient (Wildman–Crippen LogP) is 1.54. The van der Waals surface area contributed by atoms with Gasteiger partial charge in [0.1, 0.15) is 4.90 Å². The smallest absolute Gasteiger partial charge is 0.296 e. The standard InChI is InChI=1S/C15H15ClN2O6S2/c16-9-14(25(20,21)11-4-2-1-3-5-11)15(19)18-10-6-7-13(12(17)8-10)26(22,23)24/h1-8,14H,9,17H2,(H,18,19)(H,22,23,24). The van der Waals surface area contributed by atoms with Gasteiger partial charge in [-0.25, -0.2) is 8.42 Å². The van der Waals surface area contributed by atoms with Crippen LogP contribution in [-0.4, -0.2) is 38.4 Å². The van der Waals surface area contributed by atoms with Crippen LogP contribution in [0.4, 0.5) is 11.4 Å². The minimum atomic E-state index is -4.51. The Hall–Kier alpha value is -2.14. The molecule has 11 heteroatoms. The summed E-state index contributed by atoms with van der Waals surface area (Å²) in [6, 6.07) is 10.6. The third-order valence-corrected chi connectivity index (χ3v) is 6.91. The van der Waals surface area contributed by atoms with Crippen molar-refractivity contribution in [3.63, 3.8) is 0 Å². The molecule has 0 heterocycles. The van der Waals surface area contributed by atoms with E-state index >= 15 is 0 Å². The lowest BCUT2D eigenvalue weighted by Crippen LogP contribution is -2.36. The lowest BCUT2D eigenvalue weighted by molar-refractivity contribution is -0.115. The summed E-state index contributed by atoms with van der Waals surface area (Å²) in [6.07, 6.45) is 0. The van der Waals surface area contributed by atoms with E-state index < -0.39 is 41.9 Å². The van der Waals surface area contributed by atoms with Crippen LogP contribution in [0.3, 0.4) is 0 Å². The molecule has 1 atom stereocenters. The third-order valence-electron chi connectivity index (χ3n) is 3.43. The molecule has 140 valence electrons. The highest BCUT2D eigenvalue weighted by molar-refractivity contribution is 7.93. The van der Waals surface area contributed by atoms with Gasteiger partial charge >= 0.3 is 0 Å². The fraction of sp³-hybridized carbons (Fsp3) is 0.133. The number of alkyl halides is 1. The van der Waals surface area contributed by atoms with Gasteiger partial charge in [0, 0.05) is 11.6 Å². The second-order valence-corrected chi connectivity index (χ2v) is 9.05. The second-order valence-electron chi connectivity index (χ2n) is 5.22. The Bertz CT molecular complexity index is 1020. The van der Waals surface area contributed by atoms with Crippen LogP contribution < -0.4 is 11.1 Å². The lowest BCUT2D eigenvalue weighted by Gasteiger charge is -2.16. The molecule has 2 aromatic carbocycles. The SMILES string of the molecule is Nc1cc(NC(=O)C(CCl)S(=O)(=O)c2ccccc2)ccc1S(=O)(=O)O.